The highest BCUT2D eigenvalue weighted by molar-refractivity contribution is 5.00. The highest BCUT2D eigenvalue weighted by Gasteiger charge is 2.41. The lowest BCUT2D eigenvalue weighted by Crippen LogP contribution is -2.32. The maximum atomic E-state index is 5.08. The molecule has 1 unspecified atom stereocenters. The Morgan fingerprint density at radius 3 is 2.64 bits per heavy atom. The second-order valence-corrected chi connectivity index (χ2v) is 2.24. The van der Waals surface area contributed by atoms with Crippen molar-refractivity contribution in [2.45, 2.75) is 12.2 Å². The van der Waals surface area contributed by atoms with E-state index in [1.807, 2.05) is 0 Å². The summed E-state index contributed by atoms with van der Waals surface area (Å²) in [6, 6.07) is 0. The van der Waals surface area contributed by atoms with E-state index in [1.54, 1.807) is 0 Å². The largest absolute Gasteiger partial charge is 0.496 e. The zero-order valence-corrected chi connectivity index (χ0v) is 6.75. The van der Waals surface area contributed by atoms with E-state index in [0.29, 0.717) is 18.8 Å². The molecule has 1 aliphatic heterocycles. The number of hydrogen-bond acceptors (Lipinski definition) is 4. The molecule has 1 aliphatic rings. The maximum absolute atomic E-state index is 5.08. The normalized spacial score (nSPS) is 30.4. The van der Waals surface area contributed by atoms with E-state index in [0.717, 1.165) is 0 Å². The Morgan fingerprint density at radius 1 is 1.55 bits per heavy atom. The molecule has 0 amide bonds. The van der Waals surface area contributed by atoms with Gasteiger partial charge in [0.15, 0.2) is 5.76 Å². The van der Waals surface area contributed by atoms with Gasteiger partial charge in [0.1, 0.15) is 0 Å². The molecule has 0 aromatic carbocycles. The van der Waals surface area contributed by atoms with Crippen LogP contribution in [-0.2, 0) is 19.2 Å². The van der Waals surface area contributed by atoms with Gasteiger partial charge < -0.3 is 9.47 Å². The third kappa shape index (κ3) is 1.38. The average molecular weight is 160 g/mol. The van der Waals surface area contributed by atoms with E-state index < -0.39 is 5.79 Å². The molecule has 0 aromatic heterocycles. The fourth-order valence-electron chi connectivity index (χ4n) is 0.946. The average Bonchev–Trinajstić information content (AvgIpc) is 2.52. The van der Waals surface area contributed by atoms with Gasteiger partial charge in [-0.05, 0) is 0 Å². The molecule has 4 heteroatoms. The maximum Gasteiger partial charge on any atom is 0.261 e. The van der Waals surface area contributed by atoms with Crippen LogP contribution in [0.2, 0.25) is 0 Å². The molecular weight excluding hydrogens is 148 g/mol. The summed E-state index contributed by atoms with van der Waals surface area (Å²) in [5.74, 6) is -0.466. The minimum atomic E-state index is -0.894. The van der Waals surface area contributed by atoms with Crippen molar-refractivity contribution >= 4 is 0 Å². The van der Waals surface area contributed by atoms with Gasteiger partial charge in [0.2, 0.25) is 0 Å². The number of ether oxygens (including phenoxy) is 2. The van der Waals surface area contributed by atoms with Crippen LogP contribution in [0.1, 0.15) is 6.42 Å². The molecule has 1 atom stereocenters. The molecule has 1 rings (SSSR count). The van der Waals surface area contributed by atoms with Gasteiger partial charge in [0, 0.05) is 13.5 Å². The van der Waals surface area contributed by atoms with E-state index in [9.17, 15) is 0 Å². The highest BCUT2D eigenvalue weighted by atomic mass is 17.2. The number of rotatable bonds is 3. The van der Waals surface area contributed by atoms with Crippen molar-refractivity contribution in [1.29, 1.82) is 0 Å². The lowest BCUT2D eigenvalue weighted by molar-refractivity contribution is -0.367. The van der Waals surface area contributed by atoms with Gasteiger partial charge in [-0.15, -0.1) is 0 Å². The van der Waals surface area contributed by atoms with Crippen molar-refractivity contribution in [2.24, 2.45) is 0 Å². The smallest absolute Gasteiger partial charge is 0.261 e. The number of hydrogen-bond donors (Lipinski definition) is 0. The number of methoxy groups -OCH3 is 2. The Labute approximate surface area is 65.6 Å². The SMILES string of the molecule is C=C(OC)C1(OC)CCOO1. The van der Waals surface area contributed by atoms with Crippen LogP contribution in [-0.4, -0.2) is 26.6 Å². The predicted octanol–water partition coefficient (Wildman–Crippen LogP) is 0.841. The van der Waals surface area contributed by atoms with Gasteiger partial charge in [0.25, 0.3) is 5.79 Å². The molecule has 0 spiro atoms. The van der Waals surface area contributed by atoms with Crippen LogP contribution >= 0.6 is 0 Å². The molecule has 1 heterocycles. The fraction of sp³-hybridized carbons (Fsp3) is 0.714. The Kier molecular flexibility index (Phi) is 2.49. The lowest BCUT2D eigenvalue weighted by atomic mass is 10.2. The zero-order chi connectivity index (χ0) is 8.32. The molecule has 0 aromatic rings. The van der Waals surface area contributed by atoms with Crippen molar-refractivity contribution in [3.8, 4) is 0 Å². The highest BCUT2D eigenvalue weighted by Crippen LogP contribution is 2.30. The van der Waals surface area contributed by atoms with Crippen LogP contribution in [0.15, 0.2) is 12.3 Å². The Bertz CT molecular complexity index is 149. The van der Waals surface area contributed by atoms with Crippen molar-refractivity contribution in [3.63, 3.8) is 0 Å². The summed E-state index contributed by atoms with van der Waals surface area (Å²) in [7, 11) is 3.05. The molecule has 64 valence electrons. The predicted molar refractivity (Wildman–Crippen MR) is 37.5 cm³/mol. The monoisotopic (exact) mass is 160 g/mol. The first-order valence-electron chi connectivity index (χ1n) is 3.34. The minimum absolute atomic E-state index is 0.428. The fourth-order valence-corrected chi connectivity index (χ4v) is 0.946. The van der Waals surface area contributed by atoms with E-state index >= 15 is 0 Å². The van der Waals surface area contributed by atoms with Crippen LogP contribution in [0.5, 0.6) is 0 Å². The molecule has 0 bridgehead atoms. The van der Waals surface area contributed by atoms with Crippen molar-refractivity contribution < 1.29 is 19.2 Å². The van der Waals surface area contributed by atoms with E-state index in [2.05, 4.69) is 6.58 Å². The third-order valence-corrected chi connectivity index (χ3v) is 1.71. The summed E-state index contributed by atoms with van der Waals surface area (Å²) in [4.78, 5) is 9.60. The lowest BCUT2D eigenvalue weighted by Gasteiger charge is -2.24. The van der Waals surface area contributed by atoms with Gasteiger partial charge in [0.05, 0.1) is 13.7 Å². The molecule has 4 nitrogen and oxygen atoms in total. The van der Waals surface area contributed by atoms with Gasteiger partial charge in [-0.2, -0.15) is 4.89 Å². The summed E-state index contributed by atoms with van der Waals surface area (Å²) >= 11 is 0. The van der Waals surface area contributed by atoms with Gasteiger partial charge >= 0.3 is 0 Å². The first-order valence-corrected chi connectivity index (χ1v) is 3.34. The molecule has 0 saturated carbocycles. The standard InChI is InChI=1S/C7H12O4/c1-6(8-2)7(9-3)4-5-10-11-7/h1,4-5H2,2-3H3. The van der Waals surface area contributed by atoms with Crippen LogP contribution in [0.3, 0.4) is 0 Å². The topological polar surface area (TPSA) is 36.9 Å². The van der Waals surface area contributed by atoms with Crippen LogP contribution in [0.25, 0.3) is 0 Å². The summed E-state index contributed by atoms with van der Waals surface area (Å²) in [6.07, 6.45) is 0.607. The van der Waals surface area contributed by atoms with Gasteiger partial charge in [-0.25, -0.2) is 4.89 Å². The Balaban J connectivity index is 2.66. The van der Waals surface area contributed by atoms with E-state index in [1.165, 1.54) is 14.2 Å². The molecule has 0 radical (unpaired) electrons. The van der Waals surface area contributed by atoms with Crippen molar-refractivity contribution in [1.82, 2.24) is 0 Å². The van der Waals surface area contributed by atoms with Crippen LogP contribution in [0, 0.1) is 0 Å². The van der Waals surface area contributed by atoms with Crippen LogP contribution in [0.4, 0.5) is 0 Å². The van der Waals surface area contributed by atoms with Crippen molar-refractivity contribution in [2.75, 3.05) is 20.8 Å². The summed E-state index contributed by atoms with van der Waals surface area (Å²) < 4.78 is 9.98. The van der Waals surface area contributed by atoms with Gasteiger partial charge in [-0.1, -0.05) is 6.58 Å². The van der Waals surface area contributed by atoms with Crippen LogP contribution < -0.4 is 0 Å². The minimum Gasteiger partial charge on any atom is -0.496 e. The van der Waals surface area contributed by atoms with Crippen molar-refractivity contribution in [3.05, 3.63) is 12.3 Å². The molecule has 1 fully saturated rings. The summed E-state index contributed by atoms with van der Waals surface area (Å²) in [5, 5.41) is 0. The van der Waals surface area contributed by atoms with E-state index in [-0.39, 0.29) is 0 Å². The van der Waals surface area contributed by atoms with Gasteiger partial charge in [-0.3, -0.25) is 0 Å². The molecule has 1 saturated heterocycles. The second-order valence-electron chi connectivity index (χ2n) is 2.24. The molecule has 0 N–H and O–H groups in total. The summed E-state index contributed by atoms with van der Waals surface area (Å²) in [5.41, 5.74) is 0. The quantitative estimate of drug-likeness (QED) is 0.453. The zero-order valence-electron chi connectivity index (χ0n) is 6.75. The second kappa shape index (κ2) is 3.21. The Morgan fingerprint density at radius 2 is 2.27 bits per heavy atom. The molecule has 11 heavy (non-hydrogen) atoms. The first kappa shape index (κ1) is 8.52. The summed E-state index contributed by atoms with van der Waals surface area (Å²) in [6.45, 7) is 4.14. The Hall–Kier alpha value is -0.580. The van der Waals surface area contributed by atoms with E-state index in [4.69, 9.17) is 19.2 Å². The first-order chi connectivity index (χ1) is 5.25. The molecule has 0 aliphatic carbocycles. The molecular formula is C7H12O4. The third-order valence-electron chi connectivity index (χ3n) is 1.71.